The second-order valence-corrected chi connectivity index (χ2v) is 10.1. The molecule has 0 unspecified atom stereocenters. The molecule has 1 aliphatic rings. The van der Waals surface area contributed by atoms with Crippen LogP contribution in [0.3, 0.4) is 0 Å². The van der Waals surface area contributed by atoms with Crippen molar-refractivity contribution in [3.05, 3.63) is 83.4 Å². The number of nitrogens with zero attached hydrogens (tertiary/aromatic N) is 1. The Labute approximate surface area is 205 Å². The first-order chi connectivity index (χ1) is 16.8. The molecule has 3 aromatic rings. The number of rotatable bonds is 7. The average Bonchev–Trinajstić information content (AvgIpc) is 3.25. The molecule has 0 fully saturated rings. The van der Waals surface area contributed by atoms with Crippen molar-refractivity contribution < 1.29 is 22.7 Å². The first kappa shape index (κ1) is 24.3. The Morgan fingerprint density at radius 2 is 1.60 bits per heavy atom. The maximum Gasteiger partial charge on any atom is 0.323 e. The van der Waals surface area contributed by atoms with Crippen LogP contribution in [0.25, 0.3) is 0 Å². The highest BCUT2D eigenvalue weighted by molar-refractivity contribution is 7.92. The Morgan fingerprint density at radius 1 is 0.943 bits per heavy atom. The molecule has 35 heavy (non-hydrogen) atoms. The van der Waals surface area contributed by atoms with Crippen molar-refractivity contribution in [2.45, 2.75) is 31.6 Å². The third-order valence-electron chi connectivity index (χ3n) is 5.66. The Morgan fingerprint density at radius 3 is 2.29 bits per heavy atom. The topological polar surface area (TPSA) is 105 Å². The molecule has 8 nitrogen and oxygen atoms in total. The minimum Gasteiger partial charge on any atom is -0.466 e. The summed E-state index contributed by atoms with van der Waals surface area (Å²) < 4.78 is 32.6. The van der Waals surface area contributed by atoms with Crippen molar-refractivity contribution in [1.82, 2.24) is 0 Å². The van der Waals surface area contributed by atoms with Gasteiger partial charge in [-0.15, -0.1) is 0 Å². The molecule has 182 valence electrons. The minimum absolute atomic E-state index is 0.173. The Kier molecular flexibility index (Phi) is 7.07. The number of ether oxygens (including phenoxy) is 1. The summed E-state index contributed by atoms with van der Waals surface area (Å²) in [5, 5.41) is 5.53. The van der Waals surface area contributed by atoms with Gasteiger partial charge in [0.15, 0.2) is 0 Å². The van der Waals surface area contributed by atoms with Gasteiger partial charge in [-0.05, 0) is 73.9 Å². The molecule has 0 saturated carbocycles. The van der Waals surface area contributed by atoms with Gasteiger partial charge in [0.05, 0.1) is 23.6 Å². The number of sulfonamides is 1. The fourth-order valence-corrected chi connectivity index (χ4v) is 5.42. The number of hydrogen-bond donors (Lipinski definition) is 2. The van der Waals surface area contributed by atoms with Gasteiger partial charge in [-0.2, -0.15) is 0 Å². The second-order valence-electron chi connectivity index (χ2n) is 8.24. The van der Waals surface area contributed by atoms with E-state index in [4.69, 9.17) is 4.74 Å². The number of urea groups is 1. The molecule has 9 heteroatoms. The van der Waals surface area contributed by atoms with Gasteiger partial charge in [0.1, 0.15) is 0 Å². The molecule has 3 aromatic carbocycles. The van der Waals surface area contributed by atoms with Crippen molar-refractivity contribution >= 4 is 39.1 Å². The molecule has 0 aliphatic carbocycles. The molecule has 0 bridgehead atoms. The van der Waals surface area contributed by atoms with Gasteiger partial charge in [0.2, 0.25) is 0 Å². The third-order valence-corrected chi connectivity index (χ3v) is 7.49. The number of amides is 2. The van der Waals surface area contributed by atoms with E-state index in [0.29, 0.717) is 36.6 Å². The summed E-state index contributed by atoms with van der Waals surface area (Å²) >= 11 is 0. The van der Waals surface area contributed by atoms with Gasteiger partial charge >= 0.3 is 12.0 Å². The van der Waals surface area contributed by atoms with Crippen molar-refractivity contribution in [2.75, 3.05) is 28.1 Å². The molecule has 2 N–H and O–H groups in total. The van der Waals surface area contributed by atoms with E-state index < -0.39 is 16.1 Å². The molecule has 1 aliphatic heterocycles. The van der Waals surface area contributed by atoms with E-state index in [2.05, 4.69) is 10.6 Å². The number of hydrogen-bond acceptors (Lipinski definition) is 5. The number of fused-ring (bicyclic) bond motifs is 1. The van der Waals surface area contributed by atoms with E-state index in [9.17, 15) is 18.0 Å². The zero-order valence-corrected chi connectivity index (χ0v) is 20.4. The maximum atomic E-state index is 13.1. The quantitative estimate of drug-likeness (QED) is 0.472. The minimum atomic E-state index is -3.66. The molecule has 0 radical (unpaired) electrons. The lowest BCUT2D eigenvalue weighted by molar-refractivity contribution is -0.142. The zero-order chi connectivity index (χ0) is 25.0. The predicted octanol–water partition coefficient (Wildman–Crippen LogP) is 4.50. The number of esters is 1. The number of nitrogens with one attached hydrogen (secondary N) is 2. The lowest BCUT2D eigenvalue weighted by Crippen LogP contribution is -2.29. The molecule has 4 rings (SSSR count). The van der Waals surface area contributed by atoms with Crippen molar-refractivity contribution in [1.29, 1.82) is 0 Å². The van der Waals surface area contributed by atoms with Crippen molar-refractivity contribution in [3.8, 4) is 0 Å². The predicted molar refractivity (Wildman–Crippen MR) is 135 cm³/mol. The lowest BCUT2D eigenvalue weighted by atomic mass is 10.1. The van der Waals surface area contributed by atoms with E-state index in [-0.39, 0.29) is 17.3 Å². The van der Waals surface area contributed by atoms with Crippen LogP contribution in [-0.4, -0.2) is 33.6 Å². The van der Waals surface area contributed by atoms with Crippen LogP contribution < -0.4 is 14.9 Å². The van der Waals surface area contributed by atoms with Crippen LogP contribution in [0.4, 0.5) is 21.9 Å². The number of benzene rings is 3. The lowest BCUT2D eigenvalue weighted by Gasteiger charge is -2.20. The van der Waals surface area contributed by atoms with Gasteiger partial charge < -0.3 is 15.4 Å². The summed E-state index contributed by atoms with van der Waals surface area (Å²) in [6, 6.07) is 18.5. The Bertz CT molecular complexity index is 1340. The molecule has 1 heterocycles. The SMILES string of the molecule is CCOC(=O)Cc1ccc(NC(=O)Nc2ccc3c(c2)CCN3S(=O)(=O)c2ccc(C)cc2)cc1. The van der Waals surface area contributed by atoms with Crippen LogP contribution in [-0.2, 0) is 32.4 Å². The summed E-state index contributed by atoms with van der Waals surface area (Å²) in [6.45, 7) is 4.35. The number of carbonyl (C=O) groups is 2. The average molecular weight is 494 g/mol. The summed E-state index contributed by atoms with van der Waals surface area (Å²) in [6.07, 6.45) is 0.728. The fourth-order valence-electron chi connectivity index (χ4n) is 3.91. The van der Waals surface area contributed by atoms with E-state index in [0.717, 1.165) is 16.7 Å². The van der Waals surface area contributed by atoms with E-state index in [1.54, 1.807) is 73.7 Å². The smallest absolute Gasteiger partial charge is 0.323 e. The van der Waals surface area contributed by atoms with E-state index in [1.165, 1.54) is 4.31 Å². The maximum absolute atomic E-state index is 13.1. The molecular formula is C26H27N3O5S. The van der Waals surface area contributed by atoms with Gasteiger partial charge in [0.25, 0.3) is 10.0 Å². The summed E-state index contributed by atoms with van der Waals surface area (Å²) in [4.78, 5) is 24.3. The Hall–Kier alpha value is -3.85. The highest BCUT2D eigenvalue weighted by Gasteiger charge is 2.31. The molecule has 0 aromatic heterocycles. The fraction of sp³-hybridized carbons (Fsp3) is 0.231. The summed E-state index contributed by atoms with van der Waals surface area (Å²) in [5.41, 5.74) is 4.39. The molecule has 0 saturated heterocycles. The van der Waals surface area contributed by atoms with E-state index >= 15 is 0 Å². The van der Waals surface area contributed by atoms with Crippen LogP contribution >= 0.6 is 0 Å². The number of aryl methyl sites for hydroxylation is 1. The largest absolute Gasteiger partial charge is 0.466 e. The molecular weight excluding hydrogens is 466 g/mol. The van der Waals surface area contributed by atoms with Gasteiger partial charge in [-0.1, -0.05) is 29.8 Å². The third kappa shape index (κ3) is 5.63. The zero-order valence-electron chi connectivity index (χ0n) is 19.6. The van der Waals surface area contributed by atoms with Gasteiger partial charge in [0, 0.05) is 17.9 Å². The van der Waals surface area contributed by atoms with Crippen LogP contribution in [0.1, 0.15) is 23.6 Å². The number of anilines is 3. The van der Waals surface area contributed by atoms with E-state index in [1.807, 2.05) is 6.92 Å². The standard InChI is InChI=1S/C26H27N3O5S/c1-3-34-25(30)16-19-6-8-21(9-7-19)27-26(31)28-22-10-13-24-20(17-22)14-15-29(24)35(32,33)23-11-4-18(2)5-12-23/h4-13,17H,3,14-16H2,1-2H3,(H2,27,28,31). The Balaban J connectivity index is 1.40. The van der Waals surface area contributed by atoms with Crippen molar-refractivity contribution in [3.63, 3.8) is 0 Å². The van der Waals surface area contributed by atoms with Gasteiger partial charge in [-0.3, -0.25) is 9.10 Å². The highest BCUT2D eigenvalue weighted by Crippen LogP contribution is 2.34. The van der Waals surface area contributed by atoms with Crippen LogP contribution in [0.2, 0.25) is 0 Å². The first-order valence-corrected chi connectivity index (χ1v) is 12.7. The normalized spacial score (nSPS) is 12.7. The monoisotopic (exact) mass is 493 g/mol. The van der Waals surface area contributed by atoms with Crippen LogP contribution in [0.15, 0.2) is 71.6 Å². The molecule has 0 atom stereocenters. The first-order valence-electron chi connectivity index (χ1n) is 11.3. The molecule has 2 amide bonds. The van der Waals surface area contributed by atoms with Crippen molar-refractivity contribution in [2.24, 2.45) is 0 Å². The molecule has 0 spiro atoms. The van der Waals surface area contributed by atoms with Gasteiger partial charge in [-0.25, -0.2) is 13.2 Å². The number of carbonyl (C=O) groups excluding carboxylic acids is 2. The summed E-state index contributed by atoms with van der Waals surface area (Å²) in [7, 11) is -3.66. The summed E-state index contributed by atoms with van der Waals surface area (Å²) in [5.74, 6) is -0.298. The highest BCUT2D eigenvalue weighted by atomic mass is 32.2. The van der Waals surface area contributed by atoms with Crippen LogP contribution in [0, 0.1) is 6.92 Å². The second kappa shape index (κ2) is 10.2. The van der Waals surface area contributed by atoms with Crippen LogP contribution in [0.5, 0.6) is 0 Å².